The van der Waals surface area contributed by atoms with Crippen LogP contribution < -0.4 is 5.32 Å². The summed E-state index contributed by atoms with van der Waals surface area (Å²) in [5.74, 6) is 5.57. The molecule has 0 aliphatic heterocycles. The lowest BCUT2D eigenvalue weighted by atomic mass is 9.85. The number of hydrogen-bond donors (Lipinski definition) is 3. The van der Waals surface area contributed by atoms with Crippen LogP contribution in [0.5, 0.6) is 0 Å². The molecule has 0 aliphatic carbocycles. The molecule has 0 aromatic heterocycles. The number of carboxylic acids is 1. The standard InChI is InChI=1S/C40H37NO4/c1-23(2)26-12-9-13-27(24(3)4)38(26)41-39(43)33-20-18-31-29-15-10-14-28-25(11-7-5-6-8-22-42)16-17-30(35(28)29)32-19-21-34(40(44)45)37(33)36(31)32/h9-10,12-21,23-24,42H,5-6,8,22H2,1-4H3,(H,41,43)(H,44,45). The van der Waals surface area contributed by atoms with E-state index in [1.165, 1.54) is 0 Å². The van der Waals surface area contributed by atoms with Gasteiger partial charge in [0, 0.05) is 35.2 Å². The van der Waals surface area contributed by atoms with E-state index in [1.807, 2.05) is 42.5 Å². The van der Waals surface area contributed by atoms with Gasteiger partial charge in [0.25, 0.3) is 5.91 Å². The molecule has 5 nitrogen and oxygen atoms in total. The Bertz CT molecular complexity index is 2120. The molecule has 5 heteroatoms. The summed E-state index contributed by atoms with van der Waals surface area (Å²) in [4.78, 5) is 26.8. The van der Waals surface area contributed by atoms with Crippen LogP contribution in [0.2, 0.25) is 0 Å². The molecule has 0 radical (unpaired) electrons. The van der Waals surface area contributed by atoms with Crippen LogP contribution >= 0.6 is 0 Å². The Morgan fingerprint density at radius 2 is 1.27 bits per heavy atom. The van der Waals surface area contributed by atoms with Gasteiger partial charge in [0.1, 0.15) is 0 Å². The van der Waals surface area contributed by atoms with Gasteiger partial charge in [-0.15, -0.1) is 0 Å². The zero-order chi connectivity index (χ0) is 31.8. The average Bonchev–Trinajstić information content (AvgIpc) is 3.03. The second-order valence-corrected chi connectivity index (χ2v) is 12.3. The second kappa shape index (κ2) is 12.2. The summed E-state index contributed by atoms with van der Waals surface area (Å²) in [6, 6.07) is 23.5. The van der Waals surface area contributed by atoms with Crippen LogP contribution in [0.4, 0.5) is 5.69 Å². The number of carbonyl (C=O) groups excluding carboxylic acids is 1. The summed E-state index contributed by atoms with van der Waals surface area (Å²) in [6.45, 7) is 8.59. The second-order valence-electron chi connectivity index (χ2n) is 12.3. The molecule has 0 atom stereocenters. The predicted molar refractivity (Wildman–Crippen MR) is 185 cm³/mol. The number of unbranched alkanes of at least 4 members (excludes halogenated alkanes) is 2. The number of anilines is 1. The smallest absolute Gasteiger partial charge is 0.336 e. The molecule has 6 rings (SSSR count). The maximum atomic E-state index is 14.2. The van der Waals surface area contributed by atoms with Crippen LogP contribution in [-0.4, -0.2) is 28.7 Å². The lowest BCUT2D eigenvalue weighted by Crippen LogP contribution is -2.17. The van der Waals surface area contributed by atoms with Gasteiger partial charge in [0.15, 0.2) is 0 Å². The van der Waals surface area contributed by atoms with Crippen molar-refractivity contribution in [1.29, 1.82) is 0 Å². The average molecular weight is 596 g/mol. The molecule has 6 aromatic carbocycles. The van der Waals surface area contributed by atoms with E-state index < -0.39 is 5.97 Å². The predicted octanol–water partition coefficient (Wildman–Crippen LogP) is 9.45. The molecule has 0 fully saturated rings. The number of carboxylic acid groups (broad SMARTS) is 1. The number of aliphatic hydroxyl groups is 1. The van der Waals surface area contributed by atoms with E-state index in [9.17, 15) is 14.7 Å². The van der Waals surface area contributed by atoms with E-state index in [0.717, 1.165) is 79.3 Å². The van der Waals surface area contributed by atoms with Crippen molar-refractivity contribution in [2.75, 3.05) is 11.9 Å². The van der Waals surface area contributed by atoms with Crippen molar-refractivity contribution in [1.82, 2.24) is 0 Å². The summed E-state index contributed by atoms with van der Waals surface area (Å²) in [7, 11) is 0. The Morgan fingerprint density at radius 1 is 0.689 bits per heavy atom. The topological polar surface area (TPSA) is 86.6 Å². The van der Waals surface area contributed by atoms with E-state index in [1.54, 1.807) is 12.1 Å². The molecule has 45 heavy (non-hydrogen) atoms. The molecule has 0 heterocycles. The molecule has 226 valence electrons. The SMILES string of the molecule is CC(C)c1cccc(C(C)C)c1NC(=O)c1ccc2c3cccc4c(C#CCCCCO)ccc(c5ccc(C(=O)O)c1c52)c43. The summed E-state index contributed by atoms with van der Waals surface area (Å²) in [5.41, 5.74) is 4.25. The number of fused-ring (bicyclic) bond motifs is 2. The number of para-hydroxylation sites is 1. The Hall–Kier alpha value is -4.92. The van der Waals surface area contributed by atoms with Gasteiger partial charge >= 0.3 is 5.97 Å². The fourth-order valence-corrected chi connectivity index (χ4v) is 6.64. The van der Waals surface area contributed by atoms with Gasteiger partial charge in [-0.2, -0.15) is 0 Å². The van der Waals surface area contributed by atoms with Crippen LogP contribution in [0.1, 0.15) is 96.2 Å². The van der Waals surface area contributed by atoms with Gasteiger partial charge in [0.2, 0.25) is 0 Å². The first kappa shape index (κ1) is 30.1. The quantitative estimate of drug-likeness (QED) is 0.0708. The van der Waals surface area contributed by atoms with Gasteiger partial charge in [-0.05, 0) is 91.7 Å². The third kappa shape index (κ3) is 5.26. The fraction of sp³-hybridized carbons (Fsp3) is 0.250. The maximum Gasteiger partial charge on any atom is 0.336 e. The highest BCUT2D eigenvalue weighted by Crippen LogP contribution is 2.43. The number of nitrogens with one attached hydrogen (secondary N) is 1. The number of amides is 1. The third-order valence-electron chi connectivity index (χ3n) is 8.80. The minimum Gasteiger partial charge on any atom is -0.478 e. The monoisotopic (exact) mass is 595 g/mol. The molecule has 0 unspecified atom stereocenters. The largest absolute Gasteiger partial charge is 0.478 e. The van der Waals surface area contributed by atoms with Gasteiger partial charge < -0.3 is 15.5 Å². The number of aliphatic hydroxyl groups excluding tert-OH is 1. The van der Waals surface area contributed by atoms with E-state index in [4.69, 9.17) is 5.11 Å². The molecule has 0 saturated carbocycles. The Kier molecular flexibility index (Phi) is 8.18. The van der Waals surface area contributed by atoms with Crippen molar-refractivity contribution in [3.63, 3.8) is 0 Å². The van der Waals surface area contributed by atoms with E-state index >= 15 is 0 Å². The van der Waals surface area contributed by atoms with E-state index in [2.05, 4.69) is 63.1 Å². The fourth-order valence-electron chi connectivity index (χ4n) is 6.64. The van der Waals surface area contributed by atoms with Crippen LogP contribution in [-0.2, 0) is 0 Å². The van der Waals surface area contributed by atoms with Crippen LogP contribution in [0, 0.1) is 11.8 Å². The van der Waals surface area contributed by atoms with Gasteiger partial charge in [-0.1, -0.05) is 94.1 Å². The zero-order valence-corrected chi connectivity index (χ0v) is 26.1. The highest BCUT2D eigenvalue weighted by atomic mass is 16.4. The summed E-state index contributed by atoms with van der Waals surface area (Å²) in [5, 5.41) is 29.7. The normalized spacial score (nSPS) is 11.6. The molecule has 3 N–H and O–H groups in total. The number of carbonyl (C=O) groups is 2. The Balaban J connectivity index is 1.59. The minimum absolute atomic E-state index is 0.1000. The van der Waals surface area contributed by atoms with Crippen molar-refractivity contribution >= 4 is 60.7 Å². The molecule has 6 aromatic rings. The third-order valence-corrected chi connectivity index (χ3v) is 8.80. The first-order valence-corrected chi connectivity index (χ1v) is 15.7. The van der Waals surface area contributed by atoms with Crippen molar-refractivity contribution < 1.29 is 19.8 Å². The first-order valence-electron chi connectivity index (χ1n) is 15.7. The van der Waals surface area contributed by atoms with Gasteiger partial charge in [-0.25, -0.2) is 4.79 Å². The van der Waals surface area contributed by atoms with E-state index in [0.29, 0.717) is 10.9 Å². The van der Waals surface area contributed by atoms with Crippen LogP contribution in [0.3, 0.4) is 0 Å². The van der Waals surface area contributed by atoms with Crippen LogP contribution in [0.25, 0.3) is 43.1 Å². The summed E-state index contributed by atoms with van der Waals surface area (Å²) < 4.78 is 0. The van der Waals surface area contributed by atoms with Crippen molar-refractivity contribution in [2.45, 2.75) is 58.8 Å². The molecule has 0 aliphatic rings. The van der Waals surface area contributed by atoms with Crippen molar-refractivity contribution in [3.05, 3.63) is 101 Å². The maximum absolute atomic E-state index is 14.2. The number of hydrogen-bond acceptors (Lipinski definition) is 3. The number of rotatable bonds is 8. The van der Waals surface area contributed by atoms with Crippen molar-refractivity contribution in [3.8, 4) is 11.8 Å². The van der Waals surface area contributed by atoms with Gasteiger partial charge in [-0.3, -0.25) is 4.79 Å². The zero-order valence-electron chi connectivity index (χ0n) is 26.1. The van der Waals surface area contributed by atoms with Crippen molar-refractivity contribution in [2.24, 2.45) is 0 Å². The number of aromatic carboxylic acids is 1. The molecular formula is C40H37NO4. The van der Waals surface area contributed by atoms with E-state index in [-0.39, 0.29) is 29.9 Å². The molecule has 1 amide bonds. The molecular weight excluding hydrogens is 558 g/mol. The lowest BCUT2D eigenvalue weighted by molar-refractivity contribution is 0.0699. The highest BCUT2D eigenvalue weighted by molar-refractivity contribution is 6.36. The Morgan fingerprint density at radius 3 is 1.91 bits per heavy atom. The molecule has 0 bridgehead atoms. The highest BCUT2D eigenvalue weighted by Gasteiger charge is 2.24. The minimum atomic E-state index is -1.07. The molecule has 0 spiro atoms. The summed E-state index contributed by atoms with van der Waals surface area (Å²) in [6.07, 6.45) is 2.30. The Labute approximate surface area is 263 Å². The van der Waals surface area contributed by atoms with Crippen LogP contribution in [0.15, 0.2) is 72.8 Å². The number of benzene rings is 6. The first-order chi connectivity index (χ1) is 21.7. The summed E-state index contributed by atoms with van der Waals surface area (Å²) >= 11 is 0. The lowest BCUT2D eigenvalue weighted by Gasteiger charge is -2.21. The molecule has 0 saturated heterocycles. The van der Waals surface area contributed by atoms with Gasteiger partial charge in [0.05, 0.1) is 5.56 Å².